The van der Waals surface area contributed by atoms with E-state index >= 15 is 0 Å². The van der Waals surface area contributed by atoms with Crippen molar-refractivity contribution < 1.29 is 9.47 Å². The van der Waals surface area contributed by atoms with Gasteiger partial charge in [-0.1, -0.05) is 45.0 Å². The molecule has 0 radical (unpaired) electrons. The van der Waals surface area contributed by atoms with Gasteiger partial charge in [0, 0.05) is 11.8 Å². The number of nitrogens with one attached hydrogen (secondary N) is 2. The normalized spacial score (nSPS) is 14.6. The molecule has 0 aliphatic carbocycles. The first-order valence-electron chi connectivity index (χ1n) is 9.17. The number of ether oxygens (including phenoxy) is 2. The molecule has 0 aromatic heterocycles. The molecule has 1 aliphatic rings. The zero-order valence-electron chi connectivity index (χ0n) is 15.5. The molecule has 138 valence electrons. The van der Waals surface area contributed by atoms with Crippen LogP contribution in [-0.2, 0) is 0 Å². The molecule has 0 spiro atoms. The van der Waals surface area contributed by atoms with Gasteiger partial charge < -0.3 is 20.1 Å². The van der Waals surface area contributed by atoms with Crippen LogP contribution in [0, 0.1) is 0 Å². The highest BCUT2D eigenvalue weighted by Gasteiger charge is 2.15. The van der Waals surface area contributed by atoms with Crippen molar-refractivity contribution in [3.63, 3.8) is 0 Å². The van der Waals surface area contributed by atoms with Gasteiger partial charge in [0.15, 0.2) is 16.6 Å². The Bertz CT molecular complexity index is 761. The largest absolute Gasteiger partial charge is 0.454 e. The molecule has 0 unspecified atom stereocenters. The van der Waals surface area contributed by atoms with Crippen molar-refractivity contribution in [2.75, 3.05) is 12.1 Å². The van der Waals surface area contributed by atoms with E-state index in [-0.39, 0.29) is 12.8 Å². The van der Waals surface area contributed by atoms with Crippen molar-refractivity contribution in [3.05, 3.63) is 53.6 Å². The summed E-state index contributed by atoms with van der Waals surface area (Å²) < 4.78 is 10.7. The molecule has 5 heteroatoms. The van der Waals surface area contributed by atoms with Crippen molar-refractivity contribution in [1.82, 2.24) is 5.32 Å². The van der Waals surface area contributed by atoms with Crippen LogP contribution >= 0.6 is 12.2 Å². The lowest BCUT2D eigenvalue weighted by molar-refractivity contribution is 0.174. The highest BCUT2D eigenvalue weighted by molar-refractivity contribution is 7.80. The number of anilines is 1. The van der Waals surface area contributed by atoms with Crippen LogP contribution in [0.15, 0.2) is 42.5 Å². The first-order valence-corrected chi connectivity index (χ1v) is 9.58. The molecule has 0 saturated heterocycles. The number of hydrogen-bond acceptors (Lipinski definition) is 3. The van der Waals surface area contributed by atoms with Crippen molar-refractivity contribution in [2.45, 2.75) is 45.6 Å². The second kappa shape index (κ2) is 8.41. The molecule has 4 nitrogen and oxygen atoms in total. The van der Waals surface area contributed by atoms with E-state index in [1.807, 2.05) is 18.2 Å². The van der Waals surface area contributed by atoms with E-state index in [4.69, 9.17) is 21.7 Å². The van der Waals surface area contributed by atoms with Gasteiger partial charge in [0.05, 0.1) is 6.04 Å². The van der Waals surface area contributed by atoms with Gasteiger partial charge in [-0.05, 0) is 54.2 Å². The van der Waals surface area contributed by atoms with Crippen LogP contribution in [-0.4, -0.2) is 11.9 Å². The molecule has 1 heterocycles. The maximum absolute atomic E-state index is 5.50. The second-order valence-corrected chi connectivity index (χ2v) is 7.01. The lowest BCUT2D eigenvalue weighted by atomic mass is 9.95. The average Bonchev–Trinajstić information content (AvgIpc) is 3.13. The third-order valence-electron chi connectivity index (χ3n) is 4.86. The molecular formula is C21H26N2O2S. The minimum Gasteiger partial charge on any atom is -0.454 e. The van der Waals surface area contributed by atoms with Gasteiger partial charge >= 0.3 is 0 Å². The summed E-state index contributed by atoms with van der Waals surface area (Å²) >= 11 is 5.50. The fourth-order valence-corrected chi connectivity index (χ4v) is 3.27. The second-order valence-electron chi connectivity index (χ2n) is 6.60. The summed E-state index contributed by atoms with van der Waals surface area (Å²) in [4.78, 5) is 0. The summed E-state index contributed by atoms with van der Waals surface area (Å²) in [5, 5.41) is 7.24. The summed E-state index contributed by atoms with van der Waals surface area (Å²) in [6.45, 7) is 6.90. The van der Waals surface area contributed by atoms with E-state index in [0.29, 0.717) is 11.0 Å². The Morgan fingerprint density at radius 3 is 2.38 bits per heavy atom. The van der Waals surface area contributed by atoms with Gasteiger partial charge in [-0.25, -0.2) is 0 Å². The monoisotopic (exact) mass is 370 g/mol. The molecule has 2 N–H and O–H groups in total. The van der Waals surface area contributed by atoms with Crippen LogP contribution in [0.4, 0.5) is 5.69 Å². The Labute approximate surface area is 160 Å². The topological polar surface area (TPSA) is 42.5 Å². The van der Waals surface area contributed by atoms with Crippen LogP contribution in [0.3, 0.4) is 0 Å². The Kier molecular flexibility index (Phi) is 5.99. The predicted molar refractivity (Wildman–Crippen MR) is 110 cm³/mol. The zero-order valence-corrected chi connectivity index (χ0v) is 16.4. The SMILES string of the molecule is CC[C@H](NC(=S)Nc1ccc2c(c1)OCO2)c1ccc([C@@H](C)CC)cc1. The van der Waals surface area contributed by atoms with Crippen molar-refractivity contribution in [1.29, 1.82) is 0 Å². The molecule has 3 rings (SSSR count). The van der Waals surface area contributed by atoms with Gasteiger partial charge in [-0.15, -0.1) is 0 Å². The number of thiocarbonyl (C=S) groups is 1. The third-order valence-corrected chi connectivity index (χ3v) is 5.08. The smallest absolute Gasteiger partial charge is 0.231 e. The highest BCUT2D eigenvalue weighted by Crippen LogP contribution is 2.34. The minimum atomic E-state index is 0.176. The summed E-state index contributed by atoms with van der Waals surface area (Å²) in [7, 11) is 0. The molecule has 0 fully saturated rings. The summed E-state index contributed by atoms with van der Waals surface area (Å²) in [6, 6.07) is 14.7. The fraction of sp³-hybridized carbons (Fsp3) is 0.381. The minimum absolute atomic E-state index is 0.176. The van der Waals surface area contributed by atoms with Crippen LogP contribution in [0.25, 0.3) is 0 Å². The van der Waals surface area contributed by atoms with Gasteiger partial charge in [0.2, 0.25) is 6.79 Å². The van der Waals surface area contributed by atoms with E-state index in [1.54, 1.807) is 0 Å². The summed E-state index contributed by atoms with van der Waals surface area (Å²) in [5.41, 5.74) is 3.51. The van der Waals surface area contributed by atoms with Gasteiger partial charge in [0.1, 0.15) is 0 Å². The lowest BCUT2D eigenvalue weighted by Gasteiger charge is -2.21. The van der Waals surface area contributed by atoms with Crippen LogP contribution in [0.1, 0.15) is 56.7 Å². The molecule has 2 aromatic rings. The zero-order chi connectivity index (χ0) is 18.5. The van der Waals surface area contributed by atoms with Gasteiger partial charge in [-0.2, -0.15) is 0 Å². The standard InChI is InChI=1S/C21H26N2O2S/c1-4-14(3)15-6-8-16(9-7-15)18(5-2)23-21(26)22-17-10-11-19-20(12-17)25-13-24-19/h6-12,14,18H,4-5,13H2,1-3H3,(H2,22,23,26)/t14-,18-/m0/s1. The number of benzene rings is 2. The average molecular weight is 371 g/mol. The first-order chi connectivity index (χ1) is 12.6. The fourth-order valence-electron chi connectivity index (χ4n) is 3.01. The summed E-state index contributed by atoms with van der Waals surface area (Å²) in [5.74, 6) is 2.10. The van der Waals surface area contributed by atoms with Crippen LogP contribution in [0.5, 0.6) is 11.5 Å². The molecule has 0 amide bonds. The van der Waals surface area contributed by atoms with E-state index < -0.39 is 0 Å². The molecule has 2 aromatic carbocycles. The molecule has 26 heavy (non-hydrogen) atoms. The van der Waals surface area contributed by atoms with E-state index in [9.17, 15) is 0 Å². The maximum Gasteiger partial charge on any atom is 0.231 e. The van der Waals surface area contributed by atoms with Gasteiger partial charge in [-0.3, -0.25) is 0 Å². The molecule has 2 atom stereocenters. The van der Waals surface area contributed by atoms with E-state index in [0.717, 1.165) is 30.0 Å². The predicted octanol–water partition coefficient (Wildman–Crippen LogP) is 5.37. The maximum atomic E-state index is 5.50. The van der Waals surface area contributed by atoms with Gasteiger partial charge in [0.25, 0.3) is 0 Å². The Morgan fingerprint density at radius 1 is 1.00 bits per heavy atom. The highest BCUT2D eigenvalue weighted by atomic mass is 32.1. The van der Waals surface area contributed by atoms with E-state index in [1.165, 1.54) is 11.1 Å². The van der Waals surface area contributed by atoms with Crippen LogP contribution < -0.4 is 20.1 Å². The Hall–Kier alpha value is -2.27. The summed E-state index contributed by atoms with van der Waals surface area (Å²) in [6.07, 6.45) is 2.10. The molecule has 0 bridgehead atoms. The van der Waals surface area contributed by atoms with Crippen molar-refractivity contribution in [2.24, 2.45) is 0 Å². The lowest BCUT2D eigenvalue weighted by Crippen LogP contribution is -2.32. The first kappa shape index (κ1) is 18.5. The number of fused-ring (bicyclic) bond motifs is 1. The van der Waals surface area contributed by atoms with E-state index in [2.05, 4.69) is 55.7 Å². The van der Waals surface area contributed by atoms with Crippen molar-refractivity contribution >= 4 is 23.0 Å². The number of hydrogen-bond donors (Lipinski definition) is 2. The molecular weight excluding hydrogens is 344 g/mol. The quantitative estimate of drug-likeness (QED) is 0.670. The van der Waals surface area contributed by atoms with Crippen LogP contribution in [0.2, 0.25) is 0 Å². The Morgan fingerprint density at radius 2 is 1.69 bits per heavy atom. The number of rotatable bonds is 6. The third kappa shape index (κ3) is 4.28. The van der Waals surface area contributed by atoms with Crippen molar-refractivity contribution in [3.8, 4) is 11.5 Å². The Balaban J connectivity index is 1.63. The molecule has 0 saturated carbocycles. The molecule has 1 aliphatic heterocycles.